The highest BCUT2D eigenvalue weighted by Gasteiger charge is 2.21. The van der Waals surface area contributed by atoms with Crippen LogP contribution in [-0.2, 0) is 19.6 Å². The fraction of sp³-hybridized carbons (Fsp3) is 0.778. The molecule has 1 unspecified atom stereocenters. The van der Waals surface area contributed by atoms with Gasteiger partial charge in [0, 0.05) is 0 Å². The van der Waals surface area contributed by atoms with Crippen LogP contribution < -0.4 is 4.72 Å². The number of carbonyl (C=O) groups excluding carboxylic acids is 1. The van der Waals surface area contributed by atoms with Crippen molar-refractivity contribution < 1.29 is 17.9 Å². The van der Waals surface area contributed by atoms with Crippen LogP contribution >= 0.6 is 0 Å². The second-order valence-corrected chi connectivity index (χ2v) is 5.49. The van der Waals surface area contributed by atoms with Crippen molar-refractivity contribution in [1.29, 1.82) is 5.26 Å². The van der Waals surface area contributed by atoms with Crippen LogP contribution in [0.1, 0.15) is 20.3 Å². The van der Waals surface area contributed by atoms with Crippen molar-refractivity contribution in [2.24, 2.45) is 5.92 Å². The van der Waals surface area contributed by atoms with Crippen molar-refractivity contribution in [3.63, 3.8) is 0 Å². The van der Waals surface area contributed by atoms with Crippen LogP contribution in [0.3, 0.4) is 0 Å². The van der Waals surface area contributed by atoms with Crippen molar-refractivity contribution in [3.05, 3.63) is 0 Å². The normalized spacial score (nSPS) is 13.2. The van der Waals surface area contributed by atoms with Gasteiger partial charge in [-0.15, -0.1) is 0 Å². The number of sulfonamides is 1. The highest BCUT2D eigenvalue weighted by molar-refractivity contribution is 7.89. The highest BCUT2D eigenvalue weighted by Crippen LogP contribution is 2.03. The van der Waals surface area contributed by atoms with Gasteiger partial charge in [-0.25, -0.2) is 8.42 Å². The number of nitrogens with zero attached hydrogens (tertiary/aromatic N) is 1. The summed E-state index contributed by atoms with van der Waals surface area (Å²) in [6.07, 6.45) is -0.220. The van der Waals surface area contributed by atoms with E-state index in [-0.39, 0.29) is 18.1 Å². The number of hydrogen-bond acceptors (Lipinski definition) is 5. The number of esters is 1. The van der Waals surface area contributed by atoms with Crippen molar-refractivity contribution in [2.75, 3.05) is 12.9 Å². The molecule has 0 saturated carbocycles. The molecule has 1 N–H and O–H groups in total. The molecule has 0 amide bonds. The fourth-order valence-corrected chi connectivity index (χ4v) is 2.15. The third kappa shape index (κ3) is 5.68. The average Bonchev–Trinajstić information content (AvgIpc) is 2.22. The van der Waals surface area contributed by atoms with Gasteiger partial charge in [0.2, 0.25) is 10.0 Å². The Hall–Kier alpha value is -1.13. The topological polar surface area (TPSA) is 96.3 Å². The lowest BCUT2D eigenvalue weighted by molar-refractivity contribution is -0.140. The van der Waals surface area contributed by atoms with Gasteiger partial charge in [0.15, 0.2) is 0 Å². The summed E-state index contributed by atoms with van der Waals surface area (Å²) < 4.78 is 29.5. The molecule has 0 aromatic rings. The molecule has 0 aromatic carbocycles. The Kier molecular flexibility index (Phi) is 6.00. The molecule has 0 rings (SSSR count). The van der Waals surface area contributed by atoms with Crippen LogP contribution in [0.4, 0.5) is 0 Å². The third-order valence-electron chi connectivity index (χ3n) is 1.91. The molecule has 0 heterocycles. The molecular weight excluding hydrogens is 232 g/mol. The maximum absolute atomic E-state index is 11.5. The maximum atomic E-state index is 11.5. The summed E-state index contributed by atoms with van der Waals surface area (Å²) in [7, 11) is -2.43. The first kappa shape index (κ1) is 14.9. The molecule has 0 fully saturated rings. The summed E-state index contributed by atoms with van der Waals surface area (Å²) in [6, 6.07) is 1.08. The molecule has 7 heteroatoms. The van der Waals surface area contributed by atoms with Gasteiger partial charge in [0.05, 0.1) is 25.4 Å². The van der Waals surface area contributed by atoms with E-state index in [0.717, 1.165) is 0 Å². The zero-order valence-corrected chi connectivity index (χ0v) is 10.4. The Bertz CT molecular complexity index is 369. The molecule has 6 nitrogen and oxygen atoms in total. The lowest BCUT2D eigenvalue weighted by Crippen LogP contribution is -2.39. The first-order valence-electron chi connectivity index (χ1n) is 4.79. The molecule has 0 aliphatic rings. The molecule has 92 valence electrons. The summed E-state index contributed by atoms with van der Waals surface area (Å²) in [5, 5.41) is 8.71. The van der Waals surface area contributed by atoms with Crippen molar-refractivity contribution in [3.8, 4) is 6.07 Å². The number of nitrogens with one attached hydrogen (secondary N) is 1. The monoisotopic (exact) mass is 248 g/mol. The Morgan fingerprint density at radius 2 is 2.06 bits per heavy atom. The van der Waals surface area contributed by atoms with E-state index in [2.05, 4.69) is 9.46 Å². The number of methoxy groups -OCH3 is 1. The molecule has 0 aliphatic carbocycles. The van der Waals surface area contributed by atoms with Crippen LogP contribution in [0.15, 0.2) is 0 Å². The summed E-state index contributed by atoms with van der Waals surface area (Å²) in [4.78, 5) is 10.8. The molecule has 0 saturated heterocycles. The van der Waals surface area contributed by atoms with Gasteiger partial charge < -0.3 is 4.74 Å². The van der Waals surface area contributed by atoms with Gasteiger partial charge in [-0.2, -0.15) is 9.98 Å². The second kappa shape index (κ2) is 6.45. The molecule has 16 heavy (non-hydrogen) atoms. The van der Waals surface area contributed by atoms with Gasteiger partial charge >= 0.3 is 5.97 Å². The summed E-state index contributed by atoms with van der Waals surface area (Å²) in [5.74, 6) is -1.09. The molecular formula is C9H16N2O4S. The van der Waals surface area contributed by atoms with E-state index >= 15 is 0 Å². The van der Waals surface area contributed by atoms with Gasteiger partial charge in [0.1, 0.15) is 6.04 Å². The van der Waals surface area contributed by atoms with Crippen LogP contribution in [0.2, 0.25) is 0 Å². The van der Waals surface area contributed by atoms with Gasteiger partial charge in [-0.3, -0.25) is 4.79 Å². The number of nitriles is 1. The van der Waals surface area contributed by atoms with Crippen molar-refractivity contribution >= 4 is 16.0 Å². The zero-order valence-electron chi connectivity index (χ0n) is 9.56. The second-order valence-electron chi connectivity index (χ2n) is 3.61. The predicted octanol–water partition coefficient (Wildman–Crippen LogP) is 0.0171. The lowest BCUT2D eigenvalue weighted by Gasteiger charge is -2.14. The molecule has 0 aliphatic heterocycles. The smallest absolute Gasteiger partial charge is 0.306 e. The largest absolute Gasteiger partial charge is 0.469 e. The SMILES string of the molecule is COC(=O)CCS(=O)(=O)NC(C#N)C(C)C. The predicted molar refractivity (Wildman–Crippen MR) is 57.8 cm³/mol. The standard InChI is InChI=1S/C9H16N2O4S/c1-7(2)8(6-10)11-16(13,14)5-4-9(12)15-3/h7-8,11H,4-5H2,1-3H3. The summed E-state index contributed by atoms with van der Waals surface area (Å²) in [6.45, 7) is 3.47. The molecule has 0 spiro atoms. The minimum absolute atomic E-state index is 0.127. The third-order valence-corrected chi connectivity index (χ3v) is 3.27. The number of hydrogen-bond donors (Lipinski definition) is 1. The molecule has 1 atom stereocenters. The fourth-order valence-electron chi connectivity index (χ4n) is 0.884. The summed E-state index contributed by atoms with van der Waals surface area (Å²) >= 11 is 0. The van der Waals surface area contributed by atoms with E-state index in [9.17, 15) is 13.2 Å². The van der Waals surface area contributed by atoms with Gasteiger partial charge in [0.25, 0.3) is 0 Å². The first-order chi connectivity index (χ1) is 7.32. The first-order valence-corrected chi connectivity index (χ1v) is 6.44. The quantitative estimate of drug-likeness (QED) is 0.668. The Labute approximate surface area is 95.6 Å². The van der Waals surface area contributed by atoms with E-state index in [1.165, 1.54) is 7.11 Å². The number of carbonyl (C=O) groups is 1. The zero-order chi connectivity index (χ0) is 12.8. The molecule has 0 bridgehead atoms. The van der Waals surface area contributed by atoms with Gasteiger partial charge in [-0.05, 0) is 5.92 Å². The van der Waals surface area contributed by atoms with E-state index in [4.69, 9.17) is 5.26 Å². The maximum Gasteiger partial charge on any atom is 0.306 e. The minimum Gasteiger partial charge on any atom is -0.469 e. The number of ether oxygens (including phenoxy) is 1. The average molecular weight is 248 g/mol. The van der Waals surface area contributed by atoms with Crippen LogP contribution in [-0.4, -0.2) is 33.3 Å². The Balaban J connectivity index is 4.36. The van der Waals surface area contributed by atoms with E-state index < -0.39 is 22.0 Å². The van der Waals surface area contributed by atoms with Crippen LogP contribution in [0.5, 0.6) is 0 Å². The minimum atomic E-state index is -3.62. The lowest BCUT2D eigenvalue weighted by atomic mass is 10.1. The molecule has 0 radical (unpaired) electrons. The van der Waals surface area contributed by atoms with Crippen molar-refractivity contribution in [1.82, 2.24) is 4.72 Å². The Morgan fingerprint density at radius 1 is 1.50 bits per heavy atom. The van der Waals surface area contributed by atoms with Gasteiger partial charge in [-0.1, -0.05) is 13.8 Å². The summed E-state index contributed by atoms with van der Waals surface area (Å²) in [5.41, 5.74) is 0. The van der Waals surface area contributed by atoms with E-state index in [1.54, 1.807) is 13.8 Å². The van der Waals surface area contributed by atoms with Crippen molar-refractivity contribution in [2.45, 2.75) is 26.3 Å². The van der Waals surface area contributed by atoms with E-state index in [0.29, 0.717) is 0 Å². The molecule has 0 aromatic heterocycles. The highest BCUT2D eigenvalue weighted by atomic mass is 32.2. The Morgan fingerprint density at radius 3 is 2.44 bits per heavy atom. The number of rotatable bonds is 6. The van der Waals surface area contributed by atoms with E-state index in [1.807, 2.05) is 6.07 Å². The van der Waals surface area contributed by atoms with Crippen LogP contribution in [0.25, 0.3) is 0 Å². The van der Waals surface area contributed by atoms with Crippen LogP contribution in [0, 0.1) is 17.2 Å².